The van der Waals surface area contributed by atoms with Crippen LogP contribution in [0.25, 0.3) is 0 Å². The van der Waals surface area contributed by atoms with Gasteiger partial charge in [-0.1, -0.05) is 18.2 Å². The monoisotopic (exact) mass is 578 g/mol. The molecule has 0 fully saturated rings. The molecule has 0 saturated carbocycles. The lowest BCUT2D eigenvalue weighted by Crippen LogP contribution is -2.34. The highest BCUT2D eigenvalue weighted by molar-refractivity contribution is 5.71. The van der Waals surface area contributed by atoms with Crippen LogP contribution in [-0.2, 0) is 25.7 Å². The van der Waals surface area contributed by atoms with E-state index < -0.39 is 0 Å². The maximum Gasteiger partial charge on any atom is 0.212 e. The van der Waals surface area contributed by atoms with Crippen LogP contribution in [0.3, 0.4) is 0 Å². The Kier molecular flexibility index (Phi) is 6.17. The lowest BCUT2D eigenvalue weighted by atomic mass is 9.86. The molecule has 2 atom stereocenters. The SMILES string of the molecule is COc1ccc2cc1Oc1ccc(cc1)C[C@@H]1NCCc3cc(O)c4c(c31)Oc1c(OC)cc3c(c1O4)[C@H](C2)N(C)CC3. The van der Waals surface area contributed by atoms with Crippen molar-refractivity contribution in [2.45, 2.75) is 37.8 Å². The van der Waals surface area contributed by atoms with Crippen LogP contribution in [0.15, 0.2) is 54.6 Å². The number of fused-ring (bicyclic) bond motifs is 1. The maximum atomic E-state index is 11.3. The lowest BCUT2D eigenvalue weighted by Gasteiger charge is -2.39. The Morgan fingerprint density at radius 1 is 0.767 bits per heavy atom. The van der Waals surface area contributed by atoms with E-state index in [4.69, 9.17) is 23.7 Å². The summed E-state index contributed by atoms with van der Waals surface area (Å²) in [5.74, 6) is 4.90. The molecule has 0 aliphatic carbocycles. The number of phenolic OH excluding ortho intramolecular Hbond substituents is 1. The van der Waals surface area contributed by atoms with Gasteiger partial charge in [-0.3, -0.25) is 4.90 Å². The predicted octanol–water partition coefficient (Wildman–Crippen LogP) is 6.61. The average Bonchev–Trinajstić information content (AvgIpc) is 3.02. The summed E-state index contributed by atoms with van der Waals surface area (Å²) in [6.07, 6.45) is 3.06. The summed E-state index contributed by atoms with van der Waals surface area (Å²) in [7, 11) is 5.46. The molecule has 10 bridgehead atoms. The summed E-state index contributed by atoms with van der Waals surface area (Å²) >= 11 is 0. The summed E-state index contributed by atoms with van der Waals surface area (Å²) in [5, 5.41) is 15.0. The lowest BCUT2D eigenvalue weighted by molar-refractivity contribution is 0.218. The van der Waals surface area contributed by atoms with Gasteiger partial charge in [0, 0.05) is 29.8 Å². The van der Waals surface area contributed by atoms with Crippen molar-refractivity contribution >= 4 is 0 Å². The zero-order valence-electron chi connectivity index (χ0n) is 24.5. The van der Waals surface area contributed by atoms with Crippen molar-refractivity contribution in [1.82, 2.24) is 10.2 Å². The highest BCUT2D eigenvalue weighted by Gasteiger charge is 2.39. The van der Waals surface area contributed by atoms with Crippen LogP contribution in [0.1, 0.15) is 45.5 Å². The van der Waals surface area contributed by atoms with E-state index >= 15 is 0 Å². The highest BCUT2D eigenvalue weighted by Crippen LogP contribution is 2.60. The van der Waals surface area contributed by atoms with Crippen molar-refractivity contribution in [2.75, 3.05) is 34.4 Å². The maximum absolute atomic E-state index is 11.3. The zero-order chi connectivity index (χ0) is 29.2. The van der Waals surface area contributed by atoms with E-state index in [1.165, 1.54) is 0 Å². The molecule has 4 aromatic carbocycles. The highest BCUT2D eigenvalue weighted by atomic mass is 16.6. The number of aromatic hydroxyl groups is 1. The van der Waals surface area contributed by atoms with Crippen LogP contribution in [-0.4, -0.2) is 44.4 Å². The number of likely N-dealkylation sites (N-methyl/N-ethyl adjacent to an activating group) is 1. The van der Waals surface area contributed by atoms with Crippen molar-refractivity contribution in [2.24, 2.45) is 0 Å². The molecule has 8 nitrogen and oxygen atoms in total. The molecule has 4 aromatic rings. The molecule has 0 aromatic heterocycles. The number of nitrogens with one attached hydrogen (secondary N) is 1. The number of phenols is 1. The predicted molar refractivity (Wildman–Crippen MR) is 162 cm³/mol. The van der Waals surface area contributed by atoms with Crippen molar-refractivity contribution in [3.05, 3.63) is 88.0 Å². The van der Waals surface area contributed by atoms with Gasteiger partial charge in [-0.2, -0.15) is 0 Å². The van der Waals surface area contributed by atoms with Gasteiger partial charge in [-0.05, 0) is 97.9 Å². The largest absolute Gasteiger partial charge is 0.504 e. The van der Waals surface area contributed by atoms with Gasteiger partial charge in [0.25, 0.3) is 0 Å². The van der Waals surface area contributed by atoms with E-state index in [2.05, 4.69) is 47.6 Å². The second kappa shape index (κ2) is 10.1. The number of methoxy groups -OCH3 is 2. The van der Waals surface area contributed by atoms with Crippen LogP contribution >= 0.6 is 0 Å². The number of nitrogens with zero attached hydrogens (tertiary/aromatic N) is 1. The molecular weight excluding hydrogens is 544 g/mol. The Bertz CT molecular complexity index is 1750. The molecule has 0 unspecified atom stereocenters. The van der Waals surface area contributed by atoms with Crippen LogP contribution in [0.2, 0.25) is 0 Å². The third-order valence-corrected chi connectivity index (χ3v) is 9.28. The molecule has 0 spiro atoms. The van der Waals surface area contributed by atoms with Crippen molar-refractivity contribution in [3.8, 4) is 51.7 Å². The summed E-state index contributed by atoms with van der Waals surface area (Å²) in [4.78, 5) is 2.35. The van der Waals surface area contributed by atoms with Crippen LogP contribution in [0, 0.1) is 0 Å². The van der Waals surface area contributed by atoms with Crippen molar-refractivity contribution in [3.63, 3.8) is 0 Å². The molecular formula is C35H34N2O6. The summed E-state index contributed by atoms with van der Waals surface area (Å²) in [5.41, 5.74) is 6.53. The summed E-state index contributed by atoms with van der Waals surface area (Å²) in [6, 6.07) is 18.2. The third-order valence-electron chi connectivity index (χ3n) is 9.28. The fourth-order valence-corrected chi connectivity index (χ4v) is 7.08. The standard InChI is InChI=1S/C35H34N2O6/c1-37-13-11-22-18-29(40-3)33-35-31(22)25(37)15-20-6-9-27(39-2)28(16-20)41-23-7-4-19(5-8-23)14-24-30-21(10-12-36-24)17-26(38)32(42-35)34(30)43-33/h4-9,16-18,24-25,36,38H,10-15H2,1-3H3/t24-,25-/m0/s1. The van der Waals surface area contributed by atoms with E-state index in [1.807, 2.05) is 24.3 Å². The second-order valence-corrected chi connectivity index (χ2v) is 11.8. The van der Waals surface area contributed by atoms with E-state index in [0.29, 0.717) is 46.7 Å². The Morgan fingerprint density at radius 2 is 1.51 bits per heavy atom. The first kappa shape index (κ1) is 26.2. The summed E-state index contributed by atoms with van der Waals surface area (Å²) < 4.78 is 31.5. The van der Waals surface area contributed by atoms with Gasteiger partial charge in [-0.15, -0.1) is 0 Å². The van der Waals surface area contributed by atoms with Gasteiger partial charge in [0.05, 0.1) is 14.2 Å². The Hall–Kier alpha value is -4.40. The first-order chi connectivity index (χ1) is 21.0. The molecule has 6 aliphatic rings. The molecule has 220 valence electrons. The summed E-state index contributed by atoms with van der Waals surface area (Å²) in [6.45, 7) is 1.69. The topological polar surface area (TPSA) is 81.7 Å². The van der Waals surface area contributed by atoms with Crippen molar-refractivity contribution in [1.29, 1.82) is 0 Å². The molecule has 2 N–H and O–H groups in total. The molecule has 0 radical (unpaired) electrons. The van der Waals surface area contributed by atoms with Gasteiger partial charge in [0.1, 0.15) is 5.75 Å². The minimum atomic E-state index is -0.0341. The van der Waals surface area contributed by atoms with Gasteiger partial charge in [0.2, 0.25) is 11.5 Å². The fourth-order valence-electron chi connectivity index (χ4n) is 7.08. The van der Waals surface area contributed by atoms with E-state index in [-0.39, 0.29) is 17.8 Å². The first-order valence-electron chi connectivity index (χ1n) is 14.9. The van der Waals surface area contributed by atoms with Gasteiger partial charge in [0.15, 0.2) is 34.5 Å². The Balaban J connectivity index is 1.37. The number of hydrogen-bond donors (Lipinski definition) is 2. The molecule has 6 aliphatic heterocycles. The normalized spacial score (nSPS) is 19.9. The van der Waals surface area contributed by atoms with E-state index in [0.717, 1.165) is 71.5 Å². The molecule has 8 heteroatoms. The van der Waals surface area contributed by atoms with E-state index in [9.17, 15) is 5.11 Å². The Morgan fingerprint density at radius 3 is 2.33 bits per heavy atom. The van der Waals surface area contributed by atoms with Crippen LogP contribution in [0.5, 0.6) is 51.7 Å². The Labute approximate surface area is 250 Å². The fraction of sp³-hybridized carbons (Fsp3) is 0.314. The van der Waals surface area contributed by atoms with Crippen molar-refractivity contribution < 1.29 is 28.8 Å². The van der Waals surface area contributed by atoms with Gasteiger partial charge >= 0.3 is 0 Å². The number of ether oxygens (including phenoxy) is 5. The number of rotatable bonds is 2. The van der Waals surface area contributed by atoms with E-state index in [1.54, 1.807) is 14.2 Å². The number of benzene rings is 4. The smallest absolute Gasteiger partial charge is 0.212 e. The molecule has 0 saturated heterocycles. The minimum Gasteiger partial charge on any atom is -0.504 e. The quantitative estimate of drug-likeness (QED) is 0.242. The van der Waals surface area contributed by atoms with Crippen LogP contribution < -0.4 is 29.0 Å². The third kappa shape index (κ3) is 4.27. The van der Waals surface area contributed by atoms with Crippen LogP contribution in [0.4, 0.5) is 0 Å². The zero-order valence-corrected chi connectivity index (χ0v) is 24.5. The second-order valence-electron chi connectivity index (χ2n) is 11.8. The van der Waals surface area contributed by atoms with Gasteiger partial charge < -0.3 is 34.1 Å². The molecule has 43 heavy (non-hydrogen) atoms. The minimum absolute atomic E-state index is 0.0119. The average molecular weight is 579 g/mol. The molecule has 10 rings (SSSR count). The molecule has 0 amide bonds. The number of hydrogen-bond acceptors (Lipinski definition) is 8. The first-order valence-corrected chi connectivity index (χ1v) is 14.9. The molecule has 6 heterocycles. The van der Waals surface area contributed by atoms with Gasteiger partial charge in [-0.25, -0.2) is 0 Å².